The summed E-state index contributed by atoms with van der Waals surface area (Å²) in [5.74, 6) is -0.780. The van der Waals surface area contributed by atoms with E-state index in [4.69, 9.17) is 11.1 Å². The molecule has 8 heavy (non-hydrogen) atoms. The van der Waals surface area contributed by atoms with E-state index in [0.29, 0.717) is 6.42 Å². The maximum absolute atomic E-state index is 10.2. The molecule has 0 saturated carbocycles. The Morgan fingerprint density at radius 3 is 2.50 bits per heavy atom. The Labute approximate surface area is 48.4 Å². The summed E-state index contributed by atoms with van der Waals surface area (Å²) in [6.07, 6.45) is 1.70. The van der Waals surface area contributed by atoms with Gasteiger partial charge in [0.1, 0.15) is 0 Å². The van der Waals surface area contributed by atoms with E-state index in [1.165, 1.54) is 0 Å². The van der Waals surface area contributed by atoms with Crippen LogP contribution in [0.15, 0.2) is 0 Å². The molecule has 0 aliphatic heterocycles. The van der Waals surface area contributed by atoms with Crippen LogP contribution < -0.4 is 5.73 Å². The smallest absolute Gasteiger partial charge is 0.225 e. The molecule has 0 aromatic heterocycles. The van der Waals surface area contributed by atoms with Crippen LogP contribution in [0.2, 0.25) is 0 Å². The molecule has 0 fully saturated rings. The summed E-state index contributed by atoms with van der Waals surface area (Å²) in [4.78, 5) is 10.2. The van der Waals surface area contributed by atoms with E-state index >= 15 is 0 Å². The van der Waals surface area contributed by atoms with Gasteiger partial charge in [0, 0.05) is 6.21 Å². The van der Waals surface area contributed by atoms with Gasteiger partial charge < -0.3 is 11.1 Å². The molecular formula is C5H10N2O. The first kappa shape index (κ1) is 7.14. The molecule has 3 nitrogen and oxygen atoms in total. The molecule has 0 bridgehead atoms. The van der Waals surface area contributed by atoms with Crippen molar-refractivity contribution in [2.75, 3.05) is 0 Å². The Kier molecular flexibility index (Phi) is 2.84. The molecule has 3 N–H and O–H groups in total. The molecule has 0 aromatic carbocycles. The lowest BCUT2D eigenvalue weighted by Crippen LogP contribution is -2.23. The minimum Gasteiger partial charge on any atom is -0.369 e. The zero-order chi connectivity index (χ0) is 6.57. The van der Waals surface area contributed by atoms with Crippen molar-refractivity contribution in [1.29, 1.82) is 5.41 Å². The second-order valence-corrected chi connectivity index (χ2v) is 1.58. The van der Waals surface area contributed by atoms with Crippen molar-refractivity contribution < 1.29 is 4.79 Å². The molecule has 0 aliphatic carbocycles. The average Bonchev–Trinajstić information content (AvgIpc) is 1.69. The van der Waals surface area contributed by atoms with Gasteiger partial charge in [0.15, 0.2) is 0 Å². The molecular weight excluding hydrogens is 104 g/mol. The molecule has 1 amide bonds. The van der Waals surface area contributed by atoms with Crippen LogP contribution >= 0.6 is 0 Å². The van der Waals surface area contributed by atoms with E-state index in [2.05, 4.69) is 0 Å². The van der Waals surface area contributed by atoms with Gasteiger partial charge >= 0.3 is 0 Å². The summed E-state index contributed by atoms with van der Waals surface area (Å²) in [5.41, 5.74) is 4.87. The Balaban J connectivity index is 3.69. The molecule has 46 valence electrons. The highest BCUT2D eigenvalue weighted by atomic mass is 16.1. The van der Waals surface area contributed by atoms with Crippen molar-refractivity contribution in [3.63, 3.8) is 0 Å². The van der Waals surface area contributed by atoms with Crippen LogP contribution in [0.4, 0.5) is 0 Å². The van der Waals surface area contributed by atoms with Gasteiger partial charge in [-0.2, -0.15) is 0 Å². The summed E-state index contributed by atoms with van der Waals surface area (Å²) in [7, 11) is 0. The van der Waals surface area contributed by atoms with E-state index in [1.54, 1.807) is 0 Å². The first-order chi connectivity index (χ1) is 3.72. The molecule has 0 aliphatic rings. The van der Waals surface area contributed by atoms with Gasteiger partial charge in [0.2, 0.25) is 5.91 Å². The number of hydrogen-bond donors (Lipinski definition) is 2. The topological polar surface area (TPSA) is 66.9 Å². The average molecular weight is 114 g/mol. The highest BCUT2D eigenvalue weighted by molar-refractivity contribution is 5.91. The largest absolute Gasteiger partial charge is 0.369 e. The Morgan fingerprint density at radius 1 is 2.00 bits per heavy atom. The fourth-order valence-electron chi connectivity index (χ4n) is 0.401. The van der Waals surface area contributed by atoms with Crippen molar-refractivity contribution in [2.24, 2.45) is 11.7 Å². The van der Waals surface area contributed by atoms with Crippen LogP contribution in [-0.4, -0.2) is 12.1 Å². The van der Waals surface area contributed by atoms with Crippen molar-refractivity contribution in [1.82, 2.24) is 0 Å². The lowest BCUT2D eigenvalue weighted by atomic mass is 10.1. The van der Waals surface area contributed by atoms with Gasteiger partial charge in [-0.15, -0.1) is 0 Å². The summed E-state index contributed by atoms with van der Waals surface area (Å²) < 4.78 is 0. The molecule has 0 aromatic rings. The van der Waals surface area contributed by atoms with Gasteiger partial charge in [0.05, 0.1) is 5.92 Å². The SMILES string of the molecule is CC[C@H](C=N)C(N)=O. The lowest BCUT2D eigenvalue weighted by molar-refractivity contribution is -0.119. The molecule has 0 spiro atoms. The molecule has 1 atom stereocenters. The quantitative estimate of drug-likeness (QED) is 0.504. The Bertz CT molecular complexity index is 101. The fraction of sp³-hybridized carbons (Fsp3) is 0.600. The first-order valence-corrected chi connectivity index (χ1v) is 2.52. The van der Waals surface area contributed by atoms with E-state index in [0.717, 1.165) is 6.21 Å². The van der Waals surface area contributed by atoms with Crippen LogP contribution in [0.1, 0.15) is 13.3 Å². The number of carbonyl (C=O) groups excluding carboxylic acids is 1. The monoisotopic (exact) mass is 114 g/mol. The third kappa shape index (κ3) is 1.73. The standard InChI is InChI=1S/C5H10N2O/c1-2-4(3-6)5(7)8/h3-4,6H,2H2,1H3,(H2,7,8)/t4-/m1/s1. The zero-order valence-electron chi connectivity index (χ0n) is 4.85. The van der Waals surface area contributed by atoms with Crippen molar-refractivity contribution >= 4 is 12.1 Å². The molecule has 0 saturated heterocycles. The van der Waals surface area contributed by atoms with Crippen LogP contribution in [0, 0.1) is 11.3 Å². The van der Waals surface area contributed by atoms with E-state index in [1.807, 2.05) is 6.92 Å². The summed E-state index contributed by atoms with van der Waals surface area (Å²) in [6.45, 7) is 1.82. The molecule has 0 heterocycles. The fourth-order valence-corrected chi connectivity index (χ4v) is 0.401. The van der Waals surface area contributed by atoms with E-state index in [9.17, 15) is 4.79 Å². The number of hydrogen-bond acceptors (Lipinski definition) is 2. The van der Waals surface area contributed by atoms with E-state index < -0.39 is 5.91 Å². The molecule has 0 unspecified atom stereocenters. The predicted molar refractivity (Wildman–Crippen MR) is 31.8 cm³/mol. The van der Waals surface area contributed by atoms with Gasteiger partial charge in [-0.3, -0.25) is 4.79 Å². The number of primary amides is 1. The Morgan fingerprint density at radius 2 is 2.50 bits per heavy atom. The maximum atomic E-state index is 10.2. The number of nitrogens with two attached hydrogens (primary N) is 1. The predicted octanol–water partition coefficient (Wildman–Crippen LogP) is 0.147. The summed E-state index contributed by atoms with van der Waals surface area (Å²) in [6, 6.07) is 0. The van der Waals surface area contributed by atoms with Gasteiger partial charge in [-0.1, -0.05) is 6.92 Å². The number of nitrogens with one attached hydrogen (secondary N) is 1. The summed E-state index contributed by atoms with van der Waals surface area (Å²) in [5, 5.41) is 6.66. The van der Waals surface area contributed by atoms with Gasteiger partial charge in [-0.25, -0.2) is 0 Å². The number of amides is 1. The molecule has 0 radical (unpaired) electrons. The Hall–Kier alpha value is -0.860. The van der Waals surface area contributed by atoms with Crippen molar-refractivity contribution in [2.45, 2.75) is 13.3 Å². The lowest BCUT2D eigenvalue weighted by Gasteiger charge is -1.99. The zero-order valence-corrected chi connectivity index (χ0v) is 4.85. The maximum Gasteiger partial charge on any atom is 0.225 e. The molecule has 3 heteroatoms. The first-order valence-electron chi connectivity index (χ1n) is 2.52. The minimum atomic E-state index is -0.414. The normalized spacial score (nSPS) is 12.6. The minimum absolute atomic E-state index is 0.366. The van der Waals surface area contributed by atoms with Crippen LogP contribution in [0.5, 0.6) is 0 Å². The van der Waals surface area contributed by atoms with E-state index in [-0.39, 0.29) is 5.92 Å². The second-order valence-electron chi connectivity index (χ2n) is 1.58. The van der Waals surface area contributed by atoms with Crippen LogP contribution in [-0.2, 0) is 4.79 Å². The number of rotatable bonds is 3. The summed E-state index contributed by atoms with van der Waals surface area (Å²) >= 11 is 0. The second kappa shape index (κ2) is 3.18. The van der Waals surface area contributed by atoms with Crippen LogP contribution in [0.25, 0.3) is 0 Å². The third-order valence-electron chi connectivity index (χ3n) is 1.01. The van der Waals surface area contributed by atoms with Crippen molar-refractivity contribution in [3.8, 4) is 0 Å². The van der Waals surface area contributed by atoms with Gasteiger partial charge in [0.25, 0.3) is 0 Å². The molecule has 0 rings (SSSR count). The third-order valence-corrected chi connectivity index (χ3v) is 1.01. The van der Waals surface area contributed by atoms with Crippen molar-refractivity contribution in [3.05, 3.63) is 0 Å². The van der Waals surface area contributed by atoms with Gasteiger partial charge in [-0.05, 0) is 6.42 Å². The highest BCUT2D eigenvalue weighted by Crippen LogP contribution is 1.94. The number of carbonyl (C=O) groups is 1. The van der Waals surface area contributed by atoms with Crippen LogP contribution in [0.3, 0.4) is 0 Å². The highest BCUT2D eigenvalue weighted by Gasteiger charge is 2.06.